The molecule has 8 heteroatoms. The van der Waals surface area contributed by atoms with E-state index in [1.54, 1.807) is 0 Å². The fourth-order valence-corrected chi connectivity index (χ4v) is 3.10. The molecule has 4 nitrogen and oxygen atoms in total. The lowest BCUT2D eigenvalue weighted by Crippen LogP contribution is -2.06. The van der Waals surface area contributed by atoms with Gasteiger partial charge in [-0.1, -0.05) is 12.1 Å². The Bertz CT molecular complexity index is 888. The molecule has 1 aliphatic carbocycles. The predicted octanol–water partition coefficient (Wildman–Crippen LogP) is 4.09. The number of nitrogens with zero attached hydrogens (tertiary/aromatic N) is 4. The Hall–Kier alpha value is -2.77. The van der Waals surface area contributed by atoms with Crippen molar-refractivity contribution in [2.45, 2.75) is 24.4 Å². The van der Waals surface area contributed by atoms with E-state index >= 15 is 0 Å². The van der Waals surface area contributed by atoms with E-state index in [1.807, 2.05) is 0 Å². The summed E-state index contributed by atoms with van der Waals surface area (Å²) in [5, 5.41) is 8.02. The van der Waals surface area contributed by atoms with E-state index in [1.165, 1.54) is 35.5 Å². The second-order valence-corrected chi connectivity index (χ2v) is 5.94. The highest BCUT2D eigenvalue weighted by Gasteiger charge is 2.43. The van der Waals surface area contributed by atoms with Gasteiger partial charge in [-0.05, 0) is 36.0 Å². The van der Waals surface area contributed by atoms with Gasteiger partial charge < -0.3 is 0 Å². The molecule has 2 heterocycles. The quantitative estimate of drug-likeness (QED) is 0.670. The van der Waals surface area contributed by atoms with Gasteiger partial charge in [0.1, 0.15) is 11.5 Å². The molecule has 0 amide bonds. The van der Waals surface area contributed by atoms with E-state index in [2.05, 4.69) is 15.2 Å². The molecular weight excluding hydrogens is 336 g/mol. The molecule has 3 aromatic rings. The number of alkyl halides is 3. The maximum atomic E-state index is 14.4. The molecule has 0 aliphatic heterocycles. The minimum atomic E-state index is -4.36. The average Bonchev–Trinajstić information content (AvgIpc) is 3.17. The lowest BCUT2D eigenvalue weighted by atomic mass is 10.0. The van der Waals surface area contributed by atoms with E-state index < -0.39 is 17.6 Å². The Morgan fingerprint density at radius 2 is 1.64 bits per heavy atom. The molecule has 1 aromatic carbocycles. The van der Waals surface area contributed by atoms with E-state index in [9.17, 15) is 17.6 Å². The zero-order chi connectivity index (χ0) is 17.6. The van der Waals surface area contributed by atoms with Gasteiger partial charge in [0, 0.05) is 5.56 Å². The van der Waals surface area contributed by atoms with Gasteiger partial charge in [0.2, 0.25) is 0 Å². The molecule has 2 atom stereocenters. The summed E-state index contributed by atoms with van der Waals surface area (Å²) in [6, 6.07) is 5.03. The number of pyridine rings is 1. The molecule has 128 valence electrons. The molecule has 0 bridgehead atoms. The van der Waals surface area contributed by atoms with E-state index in [-0.39, 0.29) is 11.8 Å². The van der Waals surface area contributed by atoms with Gasteiger partial charge in [-0.15, -0.1) is 4.80 Å². The molecule has 2 unspecified atom stereocenters. The van der Waals surface area contributed by atoms with Gasteiger partial charge in [0.15, 0.2) is 0 Å². The van der Waals surface area contributed by atoms with Crippen LogP contribution in [0.1, 0.15) is 34.9 Å². The van der Waals surface area contributed by atoms with E-state index in [4.69, 9.17) is 0 Å². The first-order chi connectivity index (χ1) is 11.9. The topological polar surface area (TPSA) is 43.6 Å². The van der Waals surface area contributed by atoms with Crippen LogP contribution in [-0.2, 0) is 6.18 Å². The van der Waals surface area contributed by atoms with Crippen LogP contribution >= 0.6 is 0 Å². The first kappa shape index (κ1) is 15.7. The molecule has 25 heavy (non-hydrogen) atoms. The first-order valence-electron chi connectivity index (χ1n) is 7.62. The van der Waals surface area contributed by atoms with Crippen molar-refractivity contribution in [3.8, 4) is 5.69 Å². The summed E-state index contributed by atoms with van der Waals surface area (Å²) >= 11 is 0. The van der Waals surface area contributed by atoms with Crippen molar-refractivity contribution in [3.05, 3.63) is 71.6 Å². The van der Waals surface area contributed by atoms with E-state index in [0.29, 0.717) is 17.7 Å². The van der Waals surface area contributed by atoms with Crippen LogP contribution < -0.4 is 0 Å². The summed E-state index contributed by atoms with van der Waals surface area (Å²) in [6.07, 6.45) is 1.87. The third kappa shape index (κ3) is 2.88. The van der Waals surface area contributed by atoms with Crippen molar-refractivity contribution in [1.29, 1.82) is 0 Å². The number of aromatic nitrogens is 4. The number of rotatable bonds is 3. The van der Waals surface area contributed by atoms with Gasteiger partial charge in [-0.2, -0.15) is 23.4 Å². The number of hydrogen-bond donors (Lipinski definition) is 0. The van der Waals surface area contributed by atoms with Gasteiger partial charge in [-0.3, -0.25) is 4.98 Å². The fraction of sp³-hybridized carbons (Fsp3) is 0.235. The highest BCUT2D eigenvalue weighted by Crippen LogP contribution is 2.56. The van der Waals surface area contributed by atoms with E-state index in [0.717, 1.165) is 23.9 Å². The Morgan fingerprint density at radius 3 is 2.28 bits per heavy atom. The third-order valence-electron chi connectivity index (χ3n) is 4.38. The molecule has 2 aromatic heterocycles. The SMILES string of the molecule is Fc1cncc(-n2nccn2)c1C1CC1c1ccc(C(F)(F)F)cc1. The number of hydrogen-bond acceptors (Lipinski definition) is 3. The lowest BCUT2D eigenvalue weighted by molar-refractivity contribution is -0.137. The average molecular weight is 348 g/mol. The number of benzene rings is 1. The van der Waals surface area contributed by atoms with Gasteiger partial charge >= 0.3 is 6.18 Å². The van der Waals surface area contributed by atoms with Crippen LogP contribution in [0.2, 0.25) is 0 Å². The molecule has 0 radical (unpaired) electrons. The maximum absolute atomic E-state index is 14.4. The zero-order valence-electron chi connectivity index (χ0n) is 12.8. The summed E-state index contributed by atoms with van der Waals surface area (Å²) in [6.45, 7) is 0. The second kappa shape index (κ2) is 5.65. The van der Waals surface area contributed by atoms with Crippen molar-refractivity contribution < 1.29 is 17.6 Å². The van der Waals surface area contributed by atoms with Crippen molar-refractivity contribution in [1.82, 2.24) is 20.0 Å². The Balaban J connectivity index is 1.64. The predicted molar refractivity (Wildman–Crippen MR) is 80.7 cm³/mol. The van der Waals surface area contributed by atoms with Gasteiger partial charge in [-0.25, -0.2) is 4.39 Å². The summed E-state index contributed by atoms with van der Waals surface area (Å²) in [5.41, 5.74) is 0.957. The third-order valence-corrected chi connectivity index (χ3v) is 4.38. The fourth-order valence-electron chi connectivity index (χ4n) is 3.10. The second-order valence-electron chi connectivity index (χ2n) is 5.94. The van der Waals surface area contributed by atoms with Crippen LogP contribution in [0, 0.1) is 5.82 Å². The van der Waals surface area contributed by atoms with Crippen LogP contribution in [0.4, 0.5) is 17.6 Å². The Labute approximate surface area is 140 Å². The summed E-state index contributed by atoms with van der Waals surface area (Å²) in [7, 11) is 0. The van der Waals surface area contributed by atoms with Gasteiger partial charge in [0.25, 0.3) is 0 Å². The minimum Gasteiger partial charge on any atom is -0.259 e. The Morgan fingerprint density at radius 1 is 0.960 bits per heavy atom. The smallest absolute Gasteiger partial charge is 0.259 e. The van der Waals surface area contributed by atoms with Crippen LogP contribution in [0.15, 0.2) is 49.1 Å². The first-order valence-corrected chi connectivity index (χ1v) is 7.62. The summed E-state index contributed by atoms with van der Waals surface area (Å²) in [4.78, 5) is 5.15. The molecule has 1 aliphatic rings. The molecular formula is C17H12F4N4. The highest BCUT2D eigenvalue weighted by molar-refractivity contribution is 5.47. The summed E-state index contributed by atoms with van der Waals surface area (Å²) in [5.74, 6) is -0.636. The van der Waals surface area contributed by atoms with Gasteiger partial charge in [0.05, 0.1) is 30.4 Å². The highest BCUT2D eigenvalue weighted by atomic mass is 19.4. The van der Waals surface area contributed by atoms with Crippen molar-refractivity contribution >= 4 is 0 Å². The standard InChI is InChI=1S/C17H12F4N4/c18-14-8-22-9-15(25-23-5-6-24-25)16(14)13-7-12(13)10-1-3-11(4-2-10)17(19,20)21/h1-6,8-9,12-13H,7H2. The minimum absolute atomic E-state index is 0.0338. The largest absolute Gasteiger partial charge is 0.416 e. The lowest BCUT2D eigenvalue weighted by Gasteiger charge is -2.10. The molecule has 1 saturated carbocycles. The van der Waals surface area contributed by atoms with Crippen LogP contribution in [0.25, 0.3) is 5.69 Å². The normalized spacial score (nSPS) is 19.8. The van der Waals surface area contributed by atoms with Crippen molar-refractivity contribution in [2.24, 2.45) is 0 Å². The molecule has 0 saturated heterocycles. The zero-order valence-corrected chi connectivity index (χ0v) is 12.8. The molecule has 4 rings (SSSR count). The maximum Gasteiger partial charge on any atom is 0.416 e. The van der Waals surface area contributed by atoms with Crippen LogP contribution in [0.5, 0.6) is 0 Å². The molecule has 0 spiro atoms. The number of halogens is 4. The molecule has 0 N–H and O–H groups in total. The monoisotopic (exact) mass is 348 g/mol. The Kier molecular flexibility index (Phi) is 3.55. The summed E-state index contributed by atoms with van der Waals surface area (Å²) < 4.78 is 52.4. The van der Waals surface area contributed by atoms with Crippen LogP contribution in [-0.4, -0.2) is 20.0 Å². The van der Waals surface area contributed by atoms with Crippen LogP contribution in [0.3, 0.4) is 0 Å². The molecule has 1 fully saturated rings. The van der Waals surface area contributed by atoms with Crippen molar-refractivity contribution in [3.63, 3.8) is 0 Å². The van der Waals surface area contributed by atoms with Crippen molar-refractivity contribution in [2.75, 3.05) is 0 Å².